The predicted octanol–water partition coefficient (Wildman–Crippen LogP) is 6.16. The molecule has 1 aliphatic heterocycles. The SMILES string of the molecule is COc1ccc(OCc2nc3c4c(ncn3n2)Oc2ccc3ccccc3c2[C@@H]4c2ccc(OC)cc2)cc1. The Bertz CT molecular complexity index is 1810. The Balaban J connectivity index is 1.36. The van der Waals surface area contributed by atoms with Crippen LogP contribution in [0, 0.1) is 0 Å². The normalized spacial score (nSPS) is 13.9. The fourth-order valence-corrected chi connectivity index (χ4v) is 5.16. The summed E-state index contributed by atoms with van der Waals surface area (Å²) in [6.45, 7) is 0.205. The Hall–Kier alpha value is -5.11. The Morgan fingerprint density at radius 1 is 0.795 bits per heavy atom. The molecule has 0 aliphatic carbocycles. The van der Waals surface area contributed by atoms with E-state index >= 15 is 0 Å². The van der Waals surface area contributed by atoms with Gasteiger partial charge in [-0.15, -0.1) is 5.10 Å². The average molecular weight is 517 g/mol. The van der Waals surface area contributed by atoms with Gasteiger partial charge >= 0.3 is 0 Å². The minimum absolute atomic E-state index is 0.184. The number of hydrogen-bond donors (Lipinski definition) is 0. The molecule has 0 saturated heterocycles. The van der Waals surface area contributed by atoms with E-state index in [1.54, 1.807) is 25.1 Å². The van der Waals surface area contributed by atoms with Crippen molar-refractivity contribution in [1.82, 2.24) is 19.6 Å². The summed E-state index contributed by atoms with van der Waals surface area (Å²) in [6, 6.07) is 27.9. The van der Waals surface area contributed by atoms with Crippen molar-refractivity contribution < 1.29 is 18.9 Å². The average Bonchev–Trinajstić information content (AvgIpc) is 3.42. The van der Waals surface area contributed by atoms with Gasteiger partial charge in [0.2, 0.25) is 5.88 Å². The Labute approximate surface area is 224 Å². The van der Waals surface area contributed by atoms with Gasteiger partial charge in [0, 0.05) is 11.5 Å². The molecule has 0 bridgehead atoms. The van der Waals surface area contributed by atoms with Crippen LogP contribution < -0.4 is 18.9 Å². The molecule has 1 atom stereocenters. The first-order chi connectivity index (χ1) is 19.2. The van der Waals surface area contributed by atoms with E-state index in [-0.39, 0.29) is 12.5 Å². The summed E-state index contributed by atoms with van der Waals surface area (Å²) in [5.41, 5.74) is 3.68. The highest BCUT2D eigenvalue weighted by Gasteiger charge is 2.34. The molecule has 3 heterocycles. The molecule has 0 N–H and O–H groups in total. The van der Waals surface area contributed by atoms with Gasteiger partial charge in [-0.25, -0.2) is 14.5 Å². The molecule has 0 amide bonds. The quantitative estimate of drug-likeness (QED) is 0.262. The van der Waals surface area contributed by atoms with Crippen LogP contribution >= 0.6 is 0 Å². The fourth-order valence-electron chi connectivity index (χ4n) is 5.16. The van der Waals surface area contributed by atoms with E-state index in [0.717, 1.165) is 44.7 Å². The second-order valence-electron chi connectivity index (χ2n) is 9.23. The Morgan fingerprint density at radius 3 is 2.28 bits per heavy atom. The highest BCUT2D eigenvalue weighted by molar-refractivity contribution is 5.90. The predicted molar refractivity (Wildman–Crippen MR) is 146 cm³/mol. The van der Waals surface area contributed by atoms with E-state index in [1.165, 1.54) is 0 Å². The summed E-state index contributed by atoms with van der Waals surface area (Å²) < 4.78 is 24.7. The summed E-state index contributed by atoms with van der Waals surface area (Å²) in [7, 11) is 3.30. The molecule has 1 aliphatic rings. The van der Waals surface area contributed by atoms with Gasteiger partial charge in [-0.05, 0) is 58.8 Å². The molecule has 7 rings (SSSR count). The number of fused-ring (bicyclic) bond motifs is 6. The third-order valence-corrected chi connectivity index (χ3v) is 7.02. The first kappa shape index (κ1) is 23.0. The van der Waals surface area contributed by atoms with Crippen molar-refractivity contribution >= 4 is 16.4 Å². The van der Waals surface area contributed by atoms with Crippen LogP contribution in [-0.2, 0) is 6.61 Å². The van der Waals surface area contributed by atoms with Gasteiger partial charge in [0.25, 0.3) is 0 Å². The molecule has 0 spiro atoms. The lowest BCUT2D eigenvalue weighted by molar-refractivity contribution is 0.295. The van der Waals surface area contributed by atoms with E-state index in [1.807, 2.05) is 54.6 Å². The van der Waals surface area contributed by atoms with Crippen LogP contribution in [0.1, 0.15) is 28.4 Å². The highest BCUT2D eigenvalue weighted by atomic mass is 16.5. The third kappa shape index (κ3) is 3.97. The summed E-state index contributed by atoms with van der Waals surface area (Å²) in [4.78, 5) is 9.54. The van der Waals surface area contributed by atoms with Crippen molar-refractivity contribution in [2.75, 3.05) is 14.2 Å². The first-order valence-electron chi connectivity index (χ1n) is 12.6. The molecule has 4 aromatic carbocycles. The maximum atomic E-state index is 6.39. The third-order valence-electron chi connectivity index (χ3n) is 7.02. The molecule has 0 fully saturated rings. The maximum Gasteiger partial charge on any atom is 0.228 e. The Morgan fingerprint density at radius 2 is 1.51 bits per heavy atom. The van der Waals surface area contributed by atoms with Crippen molar-refractivity contribution in [2.24, 2.45) is 0 Å². The monoisotopic (exact) mass is 516 g/mol. The number of nitrogens with zero attached hydrogens (tertiary/aromatic N) is 4. The summed E-state index contributed by atoms with van der Waals surface area (Å²) in [5, 5.41) is 6.91. The van der Waals surface area contributed by atoms with E-state index < -0.39 is 0 Å². The molecule has 8 heteroatoms. The van der Waals surface area contributed by atoms with Crippen LogP contribution in [-0.4, -0.2) is 33.8 Å². The van der Waals surface area contributed by atoms with Crippen molar-refractivity contribution in [3.05, 3.63) is 114 Å². The molecule has 6 aromatic rings. The number of ether oxygens (including phenoxy) is 4. The second kappa shape index (κ2) is 9.33. The molecule has 2 aromatic heterocycles. The molecule has 0 radical (unpaired) electrons. The molecule has 192 valence electrons. The zero-order chi connectivity index (χ0) is 26.3. The molecule has 39 heavy (non-hydrogen) atoms. The second-order valence-corrected chi connectivity index (χ2v) is 9.23. The van der Waals surface area contributed by atoms with Crippen LogP contribution in [0.4, 0.5) is 0 Å². The summed E-state index contributed by atoms with van der Waals surface area (Å²) in [6.07, 6.45) is 1.63. The molecule has 8 nitrogen and oxygen atoms in total. The lowest BCUT2D eigenvalue weighted by Gasteiger charge is -2.29. The first-order valence-corrected chi connectivity index (χ1v) is 12.6. The number of aromatic nitrogens is 4. The summed E-state index contributed by atoms with van der Waals surface area (Å²) >= 11 is 0. The number of hydrogen-bond acceptors (Lipinski definition) is 7. The number of methoxy groups -OCH3 is 2. The molecule has 0 unspecified atom stereocenters. The molecule has 0 saturated carbocycles. The van der Waals surface area contributed by atoms with Crippen LogP contribution in [0.5, 0.6) is 28.9 Å². The van der Waals surface area contributed by atoms with E-state index in [2.05, 4.69) is 40.4 Å². The maximum absolute atomic E-state index is 6.39. The fraction of sp³-hybridized carbons (Fsp3) is 0.129. The molecular formula is C31H24N4O4. The van der Waals surface area contributed by atoms with Crippen LogP contribution in [0.15, 0.2) is 91.3 Å². The van der Waals surface area contributed by atoms with E-state index in [0.29, 0.717) is 23.1 Å². The van der Waals surface area contributed by atoms with Crippen LogP contribution in [0.2, 0.25) is 0 Å². The van der Waals surface area contributed by atoms with Gasteiger partial charge in [-0.1, -0.05) is 42.5 Å². The lowest BCUT2D eigenvalue weighted by atomic mass is 9.81. The van der Waals surface area contributed by atoms with Crippen LogP contribution in [0.3, 0.4) is 0 Å². The minimum atomic E-state index is -0.184. The largest absolute Gasteiger partial charge is 0.497 e. The zero-order valence-electron chi connectivity index (χ0n) is 21.4. The van der Waals surface area contributed by atoms with Gasteiger partial charge in [0.15, 0.2) is 11.5 Å². The van der Waals surface area contributed by atoms with Crippen molar-refractivity contribution in [2.45, 2.75) is 12.5 Å². The van der Waals surface area contributed by atoms with Crippen molar-refractivity contribution in [1.29, 1.82) is 0 Å². The zero-order valence-corrected chi connectivity index (χ0v) is 21.4. The van der Waals surface area contributed by atoms with Crippen molar-refractivity contribution in [3.8, 4) is 28.9 Å². The van der Waals surface area contributed by atoms with E-state index in [4.69, 9.17) is 23.9 Å². The van der Waals surface area contributed by atoms with Gasteiger partial charge in [0.05, 0.1) is 19.8 Å². The number of rotatable bonds is 6. The van der Waals surface area contributed by atoms with Crippen LogP contribution in [0.25, 0.3) is 16.4 Å². The van der Waals surface area contributed by atoms with Crippen molar-refractivity contribution in [3.63, 3.8) is 0 Å². The van der Waals surface area contributed by atoms with Gasteiger partial charge < -0.3 is 18.9 Å². The lowest BCUT2D eigenvalue weighted by Crippen LogP contribution is -2.15. The summed E-state index contributed by atoms with van der Waals surface area (Å²) in [5.74, 6) is 3.91. The van der Waals surface area contributed by atoms with Gasteiger partial charge in [-0.3, -0.25) is 0 Å². The Kier molecular flexibility index (Phi) is 5.51. The minimum Gasteiger partial charge on any atom is -0.497 e. The van der Waals surface area contributed by atoms with Gasteiger partial charge in [-0.2, -0.15) is 0 Å². The molecular weight excluding hydrogens is 492 g/mol. The smallest absolute Gasteiger partial charge is 0.228 e. The highest BCUT2D eigenvalue weighted by Crippen LogP contribution is 2.50. The number of benzene rings is 4. The van der Waals surface area contributed by atoms with E-state index in [9.17, 15) is 0 Å². The topological polar surface area (TPSA) is 80.0 Å². The standard InChI is InChI=1S/C31H24N4O4/c1-36-21-10-7-20(8-11-21)27-28-24-6-4-3-5-19(24)9-16-25(28)39-31-29(27)30-33-26(34-35(30)18-32-31)17-38-23-14-12-22(37-2)13-15-23/h3-16,18,27H,17H2,1-2H3/t27-/m0/s1. The van der Waals surface area contributed by atoms with Gasteiger partial charge in [0.1, 0.15) is 35.9 Å².